The van der Waals surface area contributed by atoms with E-state index in [1.54, 1.807) is 0 Å². The maximum absolute atomic E-state index is 12.1. The van der Waals surface area contributed by atoms with Gasteiger partial charge in [-0.05, 0) is 36.5 Å². The SMILES string of the molecule is O=C(Cc1ccc(OC(F)F)cc1)NCC(C(=O)O)C1CCOCC1. The third kappa shape index (κ3) is 6.30. The predicted octanol–water partition coefficient (Wildman–Crippen LogP) is 2.07. The molecule has 1 aromatic carbocycles. The van der Waals surface area contributed by atoms with Crippen LogP contribution in [0, 0.1) is 11.8 Å². The predicted molar refractivity (Wildman–Crippen MR) is 84.5 cm³/mol. The summed E-state index contributed by atoms with van der Waals surface area (Å²) in [6, 6.07) is 5.75. The number of alkyl halides is 2. The number of carboxylic acid groups (broad SMARTS) is 1. The number of carboxylic acids is 1. The number of benzene rings is 1. The van der Waals surface area contributed by atoms with Crippen LogP contribution in [-0.4, -0.2) is 43.4 Å². The summed E-state index contributed by atoms with van der Waals surface area (Å²) in [6.07, 6.45) is 1.37. The van der Waals surface area contributed by atoms with Gasteiger partial charge in [-0.1, -0.05) is 12.1 Å². The molecule has 1 fully saturated rings. The van der Waals surface area contributed by atoms with Crippen LogP contribution in [0.1, 0.15) is 18.4 Å². The summed E-state index contributed by atoms with van der Waals surface area (Å²) in [7, 11) is 0. The van der Waals surface area contributed by atoms with Gasteiger partial charge in [0.15, 0.2) is 0 Å². The number of hydrogen-bond acceptors (Lipinski definition) is 4. The van der Waals surface area contributed by atoms with E-state index in [2.05, 4.69) is 10.1 Å². The first kappa shape index (κ1) is 19.1. The lowest BCUT2D eigenvalue weighted by atomic mass is 9.86. The summed E-state index contributed by atoms with van der Waals surface area (Å²) >= 11 is 0. The van der Waals surface area contributed by atoms with E-state index < -0.39 is 18.5 Å². The molecule has 0 bridgehead atoms. The maximum atomic E-state index is 12.1. The number of halogens is 2. The molecule has 0 saturated carbocycles. The molecule has 1 amide bonds. The van der Waals surface area contributed by atoms with Crippen LogP contribution in [0.3, 0.4) is 0 Å². The van der Waals surface area contributed by atoms with Gasteiger partial charge < -0.3 is 19.9 Å². The summed E-state index contributed by atoms with van der Waals surface area (Å²) in [4.78, 5) is 23.4. The number of aliphatic carboxylic acids is 1. The van der Waals surface area contributed by atoms with Crippen molar-refractivity contribution < 1.29 is 33.0 Å². The molecule has 0 radical (unpaired) electrons. The second-order valence-electron chi connectivity index (χ2n) is 5.90. The number of carbonyl (C=O) groups is 2. The molecule has 1 aliphatic rings. The molecule has 0 aromatic heterocycles. The van der Waals surface area contributed by atoms with Crippen molar-refractivity contribution in [2.75, 3.05) is 19.8 Å². The van der Waals surface area contributed by atoms with Crippen LogP contribution in [0.25, 0.3) is 0 Å². The Morgan fingerprint density at radius 1 is 1.24 bits per heavy atom. The Hall–Kier alpha value is -2.22. The van der Waals surface area contributed by atoms with Crippen LogP contribution in [0.2, 0.25) is 0 Å². The molecule has 6 nitrogen and oxygen atoms in total. The van der Waals surface area contributed by atoms with Gasteiger partial charge in [0.25, 0.3) is 0 Å². The number of rotatable bonds is 8. The Balaban J connectivity index is 1.83. The van der Waals surface area contributed by atoms with Crippen molar-refractivity contribution >= 4 is 11.9 Å². The van der Waals surface area contributed by atoms with Crippen LogP contribution in [-0.2, 0) is 20.7 Å². The first-order valence-corrected chi connectivity index (χ1v) is 8.06. The fourth-order valence-corrected chi connectivity index (χ4v) is 2.83. The third-order valence-electron chi connectivity index (χ3n) is 4.18. The van der Waals surface area contributed by atoms with Gasteiger partial charge >= 0.3 is 12.6 Å². The molecule has 2 rings (SSSR count). The zero-order valence-electron chi connectivity index (χ0n) is 13.6. The van der Waals surface area contributed by atoms with E-state index in [9.17, 15) is 23.5 Å². The average molecular weight is 357 g/mol. The molecule has 25 heavy (non-hydrogen) atoms. The molecule has 1 saturated heterocycles. The van der Waals surface area contributed by atoms with Crippen LogP contribution >= 0.6 is 0 Å². The van der Waals surface area contributed by atoms with Crippen molar-refractivity contribution in [3.8, 4) is 5.75 Å². The van der Waals surface area contributed by atoms with Crippen molar-refractivity contribution in [1.29, 1.82) is 0 Å². The minimum atomic E-state index is -2.90. The topological polar surface area (TPSA) is 84.9 Å². The Labute approximate surface area is 144 Å². The van der Waals surface area contributed by atoms with Crippen molar-refractivity contribution in [1.82, 2.24) is 5.32 Å². The van der Waals surface area contributed by atoms with Crippen LogP contribution in [0.4, 0.5) is 8.78 Å². The Kier molecular flexibility index (Phi) is 7.12. The number of carbonyl (C=O) groups excluding carboxylic acids is 1. The van der Waals surface area contributed by atoms with Gasteiger partial charge in [-0.25, -0.2) is 0 Å². The minimum absolute atomic E-state index is 0.0164. The van der Waals surface area contributed by atoms with Gasteiger partial charge in [0, 0.05) is 19.8 Å². The van der Waals surface area contributed by atoms with Gasteiger partial charge in [0.05, 0.1) is 12.3 Å². The van der Waals surface area contributed by atoms with E-state index in [-0.39, 0.29) is 30.5 Å². The molecule has 138 valence electrons. The van der Waals surface area contributed by atoms with Crippen molar-refractivity contribution in [3.63, 3.8) is 0 Å². The number of amides is 1. The van der Waals surface area contributed by atoms with Gasteiger partial charge in [-0.15, -0.1) is 0 Å². The highest BCUT2D eigenvalue weighted by Gasteiger charge is 2.29. The molecule has 1 unspecified atom stereocenters. The van der Waals surface area contributed by atoms with Crippen LogP contribution in [0.15, 0.2) is 24.3 Å². The van der Waals surface area contributed by atoms with Crippen molar-refractivity contribution in [2.24, 2.45) is 11.8 Å². The van der Waals surface area contributed by atoms with Gasteiger partial charge in [-0.3, -0.25) is 9.59 Å². The zero-order valence-corrected chi connectivity index (χ0v) is 13.6. The standard InChI is InChI=1S/C17H21F2NO5/c18-17(19)25-13-3-1-11(2-4-13)9-15(21)20-10-14(16(22)23)12-5-7-24-8-6-12/h1-4,12,14,17H,5-10H2,(H,20,21)(H,22,23). The first-order chi connectivity index (χ1) is 12.0. The lowest BCUT2D eigenvalue weighted by molar-refractivity contribution is -0.144. The second-order valence-corrected chi connectivity index (χ2v) is 5.90. The fourth-order valence-electron chi connectivity index (χ4n) is 2.83. The summed E-state index contributed by atoms with van der Waals surface area (Å²) in [6.45, 7) is -1.76. The summed E-state index contributed by atoms with van der Waals surface area (Å²) < 4.78 is 33.6. The van der Waals surface area contributed by atoms with Gasteiger partial charge in [0.1, 0.15) is 5.75 Å². The van der Waals surface area contributed by atoms with E-state index in [0.717, 1.165) is 0 Å². The monoisotopic (exact) mass is 357 g/mol. The minimum Gasteiger partial charge on any atom is -0.481 e. The quantitative estimate of drug-likeness (QED) is 0.744. The summed E-state index contributed by atoms with van der Waals surface area (Å²) in [5.74, 6) is -1.89. The van der Waals surface area contributed by atoms with E-state index in [0.29, 0.717) is 31.6 Å². The molecule has 0 aliphatic carbocycles. The highest BCUT2D eigenvalue weighted by molar-refractivity contribution is 5.79. The maximum Gasteiger partial charge on any atom is 0.387 e. The van der Waals surface area contributed by atoms with E-state index in [4.69, 9.17) is 4.74 Å². The first-order valence-electron chi connectivity index (χ1n) is 8.06. The Morgan fingerprint density at radius 2 is 1.88 bits per heavy atom. The average Bonchev–Trinajstić information content (AvgIpc) is 2.57. The van der Waals surface area contributed by atoms with Crippen LogP contribution in [0.5, 0.6) is 5.75 Å². The molecule has 1 aromatic rings. The fraction of sp³-hybridized carbons (Fsp3) is 0.529. The molecular formula is C17H21F2NO5. The lowest BCUT2D eigenvalue weighted by Gasteiger charge is -2.27. The van der Waals surface area contributed by atoms with E-state index in [1.807, 2.05) is 0 Å². The van der Waals surface area contributed by atoms with E-state index in [1.165, 1.54) is 24.3 Å². The largest absolute Gasteiger partial charge is 0.481 e. The highest BCUT2D eigenvalue weighted by Crippen LogP contribution is 2.23. The second kappa shape index (κ2) is 9.31. The summed E-state index contributed by atoms with van der Waals surface area (Å²) in [5, 5.41) is 12.0. The molecule has 0 spiro atoms. The normalized spacial score (nSPS) is 16.4. The third-order valence-corrected chi connectivity index (χ3v) is 4.18. The molecule has 2 N–H and O–H groups in total. The highest BCUT2D eigenvalue weighted by atomic mass is 19.3. The summed E-state index contributed by atoms with van der Waals surface area (Å²) in [5.41, 5.74) is 0.622. The molecule has 1 atom stereocenters. The smallest absolute Gasteiger partial charge is 0.387 e. The van der Waals surface area contributed by atoms with E-state index >= 15 is 0 Å². The molecular weight excluding hydrogens is 336 g/mol. The number of nitrogens with one attached hydrogen (secondary N) is 1. The van der Waals surface area contributed by atoms with Gasteiger partial charge in [-0.2, -0.15) is 8.78 Å². The number of ether oxygens (including phenoxy) is 2. The molecule has 8 heteroatoms. The molecule has 1 aliphatic heterocycles. The Bertz CT molecular complexity index is 573. The van der Waals surface area contributed by atoms with Crippen LogP contribution < -0.4 is 10.1 Å². The van der Waals surface area contributed by atoms with Crippen molar-refractivity contribution in [2.45, 2.75) is 25.9 Å². The zero-order chi connectivity index (χ0) is 18.2. The lowest BCUT2D eigenvalue weighted by Crippen LogP contribution is -2.39. The molecule has 1 heterocycles. The van der Waals surface area contributed by atoms with Gasteiger partial charge in [0.2, 0.25) is 5.91 Å². The Morgan fingerprint density at radius 3 is 2.44 bits per heavy atom. The number of hydrogen-bond donors (Lipinski definition) is 2. The van der Waals surface area contributed by atoms with Crippen molar-refractivity contribution in [3.05, 3.63) is 29.8 Å².